The zero-order valence-corrected chi connectivity index (χ0v) is 5.12. The second-order valence-electron chi connectivity index (χ2n) is 1.66. The van der Waals surface area contributed by atoms with Crippen molar-refractivity contribution >= 4 is 5.96 Å². The Morgan fingerprint density at radius 2 is 2.11 bits per heavy atom. The number of aliphatic hydroxyl groups is 1. The average Bonchev–Trinajstić information content (AvgIpc) is 1.83. The Morgan fingerprint density at radius 3 is 2.44 bits per heavy atom. The van der Waals surface area contributed by atoms with E-state index in [4.69, 9.17) is 22.3 Å². The standard InChI is InChI=1S/C4H12N4O/c5-1-3(9)2-8-4(6)7/h3,9H,1-2,5H2,(H4,6,7,8). The largest absolute Gasteiger partial charge is 0.390 e. The van der Waals surface area contributed by atoms with Gasteiger partial charge in [-0.25, -0.2) is 0 Å². The molecule has 0 aromatic carbocycles. The number of aliphatic hydroxyl groups excluding tert-OH is 1. The number of aliphatic imine (C=N–C) groups is 1. The molecule has 5 nitrogen and oxygen atoms in total. The van der Waals surface area contributed by atoms with Gasteiger partial charge in [0.1, 0.15) is 0 Å². The van der Waals surface area contributed by atoms with E-state index < -0.39 is 6.10 Å². The molecule has 54 valence electrons. The molecule has 9 heavy (non-hydrogen) atoms. The van der Waals surface area contributed by atoms with Crippen molar-refractivity contribution in [3.63, 3.8) is 0 Å². The lowest BCUT2D eigenvalue weighted by Crippen LogP contribution is -2.28. The van der Waals surface area contributed by atoms with Crippen LogP contribution in [0.3, 0.4) is 0 Å². The van der Waals surface area contributed by atoms with Gasteiger partial charge in [0, 0.05) is 6.54 Å². The predicted octanol–water partition coefficient (Wildman–Crippen LogP) is -2.42. The Morgan fingerprint density at radius 1 is 1.56 bits per heavy atom. The third-order valence-corrected chi connectivity index (χ3v) is 0.757. The van der Waals surface area contributed by atoms with Crippen molar-refractivity contribution in [3.05, 3.63) is 0 Å². The van der Waals surface area contributed by atoms with E-state index in [0.717, 1.165) is 0 Å². The lowest BCUT2D eigenvalue weighted by atomic mass is 10.4. The monoisotopic (exact) mass is 132 g/mol. The Bertz CT molecular complexity index is 98.7. The molecule has 0 aliphatic heterocycles. The van der Waals surface area contributed by atoms with E-state index in [0.29, 0.717) is 0 Å². The SMILES string of the molecule is NCC(O)CN=C(N)N. The summed E-state index contributed by atoms with van der Waals surface area (Å²) in [5, 5.41) is 8.76. The van der Waals surface area contributed by atoms with Gasteiger partial charge in [0.2, 0.25) is 0 Å². The van der Waals surface area contributed by atoms with Crippen molar-refractivity contribution in [2.75, 3.05) is 13.1 Å². The second-order valence-corrected chi connectivity index (χ2v) is 1.66. The molecule has 0 saturated heterocycles. The molecule has 0 aliphatic rings. The molecule has 0 aliphatic carbocycles. The summed E-state index contributed by atoms with van der Waals surface area (Å²) in [6.45, 7) is 0.357. The second kappa shape index (κ2) is 4.11. The van der Waals surface area contributed by atoms with Crippen LogP contribution in [0.2, 0.25) is 0 Å². The summed E-state index contributed by atoms with van der Waals surface area (Å²) < 4.78 is 0. The molecule has 5 heteroatoms. The number of guanidine groups is 1. The van der Waals surface area contributed by atoms with Crippen LogP contribution in [0.15, 0.2) is 4.99 Å². The fraction of sp³-hybridized carbons (Fsp3) is 0.750. The van der Waals surface area contributed by atoms with Crippen molar-refractivity contribution in [2.24, 2.45) is 22.2 Å². The molecule has 0 spiro atoms. The molecule has 1 atom stereocenters. The maximum absolute atomic E-state index is 8.76. The lowest BCUT2D eigenvalue weighted by molar-refractivity contribution is 0.192. The van der Waals surface area contributed by atoms with Crippen molar-refractivity contribution in [2.45, 2.75) is 6.10 Å². The third kappa shape index (κ3) is 5.05. The number of nitrogens with two attached hydrogens (primary N) is 3. The average molecular weight is 132 g/mol. The Labute approximate surface area is 53.5 Å². The van der Waals surface area contributed by atoms with Crippen molar-refractivity contribution in [1.29, 1.82) is 0 Å². The molecule has 0 radical (unpaired) electrons. The van der Waals surface area contributed by atoms with E-state index in [2.05, 4.69) is 4.99 Å². The molecule has 0 rings (SSSR count). The molecule has 0 amide bonds. The van der Waals surface area contributed by atoms with Gasteiger partial charge < -0.3 is 22.3 Å². The summed E-state index contributed by atoms with van der Waals surface area (Å²) in [7, 11) is 0. The molecule has 0 aromatic rings. The minimum absolute atomic E-state index is 0.0255. The van der Waals surface area contributed by atoms with Gasteiger partial charge in [-0.15, -0.1) is 0 Å². The zero-order valence-electron chi connectivity index (χ0n) is 5.12. The number of hydrogen-bond acceptors (Lipinski definition) is 3. The van der Waals surface area contributed by atoms with Gasteiger partial charge in [0.15, 0.2) is 5.96 Å². The maximum Gasteiger partial charge on any atom is 0.185 e. The molecule has 0 heterocycles. The fourth-order valence-electron chi connectivity index (χ4n) is 0.285. The van der Waals surface area contributed by atoms with Gasteiger partial charge in [0.05, 0.1) is 12.6 Å². The topological polar surface area (TPSA) is 111 Å². The molecule has 7 N–H and O–H groups in total. The van der Waals surface area contributed by atoms with Crippen LogP contribution < -0.4 is 17.2 Å². The van der Waals surface area contributed by atoms with Crippen molar-refractivity contribution < 1.29 is 5.11 Å². The van der Waals surface area contributed by atoms with Crippen LogP contribution in [-0.2, 0) is 0 Å². The predicted molar refractivity (Wildman–Crippen MR) is 35.7 cm³/mol. The molecular weight excluding hydrogens is 120 g/mol. The number of hydrogen-bond donors (Lipinski definition) is 4. The first-order valence-electron chi connectivity index (χ1n) is 2.60. The molecule has 1 unspecified atom stereocenters. The third-order valence-electron chi connectivity index (χ3n) is 0.757. The van der Waals surface area contributed by atoms with E-state index in [9.17, 15) is 0 Å². The first-order valence-corrected chi connectivity index (χ1v) is 2.60. The first-order chi connectivity index (χ1) is 4.16. The van der Waals surface area contributed by atoms with Gasteiger partial charge in [0.25, 0.3) is 0 Å². The lowest BCUT2D eigenvalue weighted by Gasteiger charge is -2.01. The van der Waals surface area contributed by atoms with E-state index in [1.165, 1.54) is 0 Å². The van der Waals surface area contributed by atoms with Crippen LogP contribution in [0.1, 0.15) is 0 Å². The summed E-state index contributed by atoms with van der Waals surface area (Å²) in [6, 6.07) is 0. The summed E-state index contributed by atoms with van der Waals surface area (Å²) in [5.74, 6) is -0.0255. The fourth-order valence-corrected chi connectivity index (χ4v) is 0.285. The van der Waals surface area contributed by atoms with E-state index in [-0.39, 0.29) is 19.0 Å². The minimum atomic E-state index is -0.632. The van der Waals surface area contributed by atoms with Crippen molar-refractivity contribution in [1.82, 2.24) is 0 Å². The molecular formula is C4H12N4O. The highest BCUT2D eigenvalue weighted by atomic mass is 16.3. The summed E-state index contributed by atoms with van der Waals surface area (Å²) in [4.78, 5) is 3.54. The molecule has 0 saturated carbocycles. The Kier molecular flexibility index (Phi) is 3.74. The molecule has 0 aromatic heterocycles. The first kappa shape index (κ1) is 8.19. The summed E-state index contributed by atoms with van der Waals surface area (Å²) in [5.41, 5.74) is 15.0. The van der Waals surface area contributed by atoms with Crippen LogP contribution in [0.25, 0.3) is 0 Å². The van der Waals surface area contributed by atoms with Crippen LogP contribution >= 0.6 is 0 Å². The Balaban J connectivity index is 3.37. The van der Waals surface area contributed by atoms with Crippen LogP contribution in [0.4, 0.5) is 0 Å². The quantitative estimate of drug-likeness (QED) is 0.253. The molecule has 0 bridgehead atoms. The smallest absolute Gasteiger partial charge is 0.185 e. The molecule has 0 fully saturated rings. The van der Waals surface area contributed by atoms with Gasteiger partial charge in [-0.2, -0.15) is 0 Å². The number of rotatable bonds is 3. The van der Waals surface area contributed by atoms with Crippen LogP contribution in [0.5, 0.6) is 0 Å². The van der Waals surface area contributed by atoms with Crippen molar-refractivity contribution in [3.8, 4) is 0 Å². The van der Waals surface area contributed by atoms with Crippen LogP contribution in [0, 0.1) is 0 Å². The van der Waals surface area contributed by atoms with Gasteiger partial charge in [-0.05, 0) is 0 Å². The highest BCUT2D eigenvalue weighted by Gasteiger charge is 1.96. The Hall–Kier alpha value is -0.810. The van der Waals surface area contributed by atoms with Crippen LogP contribution in [-0.4, -0.2) is 30.3 Å². The van der Waals surface area contributed by atoms with Gasteiger partial charge in [-0.1, -0.05) is 0 Å². The van der Waals surface area contributed by atoms with E-state index in [1.807, 2.05) is 0 Å². The normalized spacial score (nSPS) is 12.7. The maximum atomic E-state index is 8.76. The minimum Gasteiger partial charge on any atom is -0.390 e. The van der Waals surface area contributed by atoms with E-state index in [1.54, 1.807) is 0 Å². The zero-order chi connectivity index (χ0) is 7.28. The van der Waals surface area contributed by atoms with E-state index >= 15 is 0 Å². The summed E-state index contributed by atoms with van der Waals surface area (Å²) >= 11 is 0. The summed E-state index contributed by atoms with van der Waals surface area (Å²) in [6.07, 6.45) is -0.632. The number of nitrogens with zero attached hydrogens (tertiary/aromatic N) is 1. The van der Waals surface area contributed by atoms with Gasteiger partial charge >= 0.3 is 0 Å². The van der Waals surface area contributed by atoms with Gasteiger partial charge in [-0.3, -0.25) is 4.99 Å². The highest BCUT2D eigenvalue weighted by Crippen LogP contribution is 1.77. The highest BCUT2D eigenvalue weighted by molar-refractivity contribution is 5.75.